The van der Waals surface area contributed by atoms with Crippen LogP contribution in [0.25, 0.3) is 11.1 Å². The molecule has 0 heterocycles. The van der Waals surface area contributed by atoms with Crippen LogP contribution in [0.1, 0.15) is 16.7 Å². The van der Waals surface area contributed by atoms with Crippen LogP contribution in [0.3, 0.4) is 0 Å². The molecule has 3 aromatic rings. The van der Waals surface area contributed by atoms with Gasteiger partial charge in [-0.1, -0.05) is 60.2 Å². The highest BCUT2D eigenvalue weighted by Gasteiger charge is 2.22. The lowest BCUT2D eigenvalue weighted by molar-refractivity contribution is 0.485. The van der Waals surface area contributed by atoms with Crippen molar-refractivity contribution in [2.24, 2.45) is 0 Å². The van der Waals surface area contributed by atoms with Crippen molar-refractivity contribution in [1.82, 2.24) is 0 Å². The Labute approximate surface area is 149 Å². The van der Waals surface area contributed by atoms with E-state index >= 15 is 0 Å². The fourth-order valence-electron chi connectivity index (χ4n) is 3.06. The summed E-state index contributed by atoms with van der Waals surface area (Å²) in [5.41, 5.74) is 4.49. The van der Waals surface area contributed by atoms with Gasteiger partial charge < -0.3 is 4.18 Å². The molecule has 0 saturated heterocycles. The lowest BCUT2D eigenvalue weighted by Gasteiger charge is -2.13. The smallest absolute Gasteiger partial charge is 0.339 e. The van der Waals surface area contributed by atoms with Crippen molar-refractivity contribution in [1.29, 1.82) is 0 Å². The van der Waals surface area contributed by atoms with Gasteiger partial charge in [-0.2, -0.15) is 8.42 Å². The minimum Gasteiger partial charge on any atom is -0.379 e. The van der Waals surface area contributed by atoms with Gasteiger partial charge in [-0.25, -0.2) is 0 Å². The van der Waals surface area contributed by atoms with Gasteiger partial charge in [0.1, 0.15) is 10.6 Å². The van der Waals surface area contributed by atoms with Crippen LogP contribution in [0.4, 0.5) is 0 Å². The van der Waals surface area contributed by atoms with E-state index in [0.717, 1.165) is 16.7 Å². The Kier molecular flexibility index (Phi) is 4.64. The molecule has 0 spiro atoms. The first-order chi connectivity index (χ1) is 11.9. The second kappa shape index (κ2) is 6.73. The zero-order chi connectivity index (χ0) is 18.0. The SMILES string of the molecule is Cc1cc(C)c(S(=O)(=O)Oc2ccc(-c3ccccc3)cc2)c(C)c1. The van der Waals surface area contributed by atoms with E-state index in [1.165, 1.54) is 0 Å². The van der Waals surface area contributed by atoms with Crippen LogP contribution in [0, 0.1) is 20.8 Å². The molecule has 0 fully saturated rings. The second-order valence-electron chi connectivity index (χ2n) is 6.16. The quantitative estimate of drug-likeness (QED) is 0.617. The third-order valence-corrected chi connectivity index (χ3v) is 5.58. The zero-order valence-corrected chi connectivity index (χ0v) is 15.3. The maximum Gasteiger partial charge on any atom is 0.339 e. The van der Waals surface area contributed by atoms with Gasteiger partial charge in [-0.05, 0) is 55.2 Å². The molecular formula is C21H20O3S. The van der Waals surface area contributed by atoms with E-state index < -0.39 is 10.1 Å². The Morgan fingerprint density at radius 1 is 0.720 bits per heavy atom. The van der Waals surface area contributed by atoms with Crippen molar-refractivity contribution >= 4 is 10.1 Å². The molecule has 25 heavy (non-hydrogen) atoms. The molecule has 0 saturated carbocycles. The summed E-state index contributed by atoms with van der Waals surface area (Å²) in [6.07, 6.45) is 0. The highest BCUT2D eigenvalue weighted by atomic mass is 32.2. The lowest BCUT2D eigenvalue weighted by atomic mass is 10.1. The maximum absolute atomic E-state index is 12.7. The topological polar surface area (TPSA) is 43.4 Å². The van der Waals surface area contributed by atoms with Gasteiger partial charge in [0.15, 0.2) is 0 Å². The van der Waals surface area contributed by atoms with Gasteiger partial charge in [-0.3, -0.25) is 0 Å². The summed E-state index contributed by atoms with van der Waals surface area (Å²) in [5, 5.41) is 0. The summed E-state index contributed by atoms with van der Waals surface area (Å²) in [6, 6.07) is 20.7. The van der Waals surface area contributed by atoms with Gasteiger partial charge in [0.25, 0.3) is 0 Å². The number of hydrogen-bond acceptors (Lipinski definition) is 3. The van der Waals surface area contributed by atoms with Gasteiger partial charge in [0.05, 0.1) is 0 Å². The standard InChI is InChI=1S/C21H20O3S/c1-15-13-16(2)21(17(3)14-15)25(22,23)24-20-11-9-19(10-12-20)18-7-5-4-6-8-18/h4-14H,1-3H3. The number of rotatable bonds is 4. The molecule has 0 aromatic heterocycles. The summed E-state index contributed by atoms with van der Waals surface area (Å²) in [5.74, 6) is 0.305. The highest BCUT2D eigenvalue weighted by Crippen LogP contribution is 2.27. The van der Waals surface area contributed by atoms with Gasteiger partial charge in [0.2, 0.25) is 0 Å². The molecule has 128 valence electrons. The monoisotopic (exact) mass is 352 g/mol. The first-order valence-corrected chi connectivity index (χ1v) is 9.45. The molecule has 0 aliphatic carbocycles. The Hall–Kier alpha value is -2.59. The summed E-state index contributed by atoms with van der Waals surface area (Å²) >= 11 is 0. The summed E-state index contributed by atoms with van der Waals surface area (Å²) < 4.78 is 30.7. The predicted molar refractivity (Wildman–Crippen MR) is 100 cm³/mol. The Morgan fingerprint density at radius 2 is 1.24 bits per heavy atom. The average molecular weight is 352 g/mol. The number of aryl methyl sites for hydroxylation is 3. The first kappa shape index (κ1) is 17.2. The summed E-state index contributed by atoms with van der Waals surface area (Å²) in [4.78, 5) is 0.241. The van der Waals surface area contributed by atoms with Crippen LogP contribution < -0.4 is 4.18 Å². The van der Waals surface area contributed by atoms with Crippen LogP contribution in [-0.2, 0) is 10.1 Å². The van der Waals surface area contributed by atoms with Crippen molar-refractivity contribution in [3.8, 4) is 16.9 Å². The molecule has 0 aliphatic heterocycles. The molecule has 0 amide bonds. The number of benzene rings is 3. The van der Waals surface area contributed by atoms with Gasteiger partial charge in [0, 0.05) is 0 Å². The summed E-state index contributed by atoms with van der Waals surface area (Å²) in [6.45, 7) is 5.52. The third kappa shape index (κ3) is 3.74. The Morgan fingerprint density at radius 3 is 1.80 bits per heavy atom. The Bertz CT molecular complexity index is 966. The molecule has 0 radical (unpaired) electrons. The van der Waals surface area contributed by atoms with Crippen LogP contribution >= 0.6 is 0 Å². The molecule has 4 heteroatoms. The second-order valence-corrected chi connectivity index (χ2v) is 7.64. The van der Waals surface area contributed by atoms with Gasteiger partial charge >= 0.3 is 10.1 Å². The third-order valence-electron chi connectivity index (χ3n) is 4.02. The molecule has 0 bridgehead atoms. The van der Waals surface area contributed by atoms with Crippen LogP contribution in [0.5, 0.6) is 5.75 Å². The normalized spacial score (nSPS) is 11.3. The lowest BCUT2D eigenvalue weighted by Crippen LogP contribution is -2.13. The van der Waals surface area contributed by atoms with E-state index in [1.807, 2.05) is 61.5 Å². The fraction of sp³-hybridized carbons (Fsp3) is 0.143. The predicted octanol–water partition coefficient (Wildman–Crippen LogP) is 5.05. The molecular weight excluding hydrogens is 332 g/mol. The molecule has 3 aromatic carbocycles. The fourth-order valence-corrected chi connectivity index (χ4v) is 4.42. The molecule has 0 atom stereocenters. The highest BCUT2D eigenvalue weighted by molar-refractivity contribution is 7.87. The summed E-state index contributed by atoms with van der Waals surface area (Å²) in [7, 11) is -3.87. The number of hydrogen-bond donors (Lipinski definition) is 0. The van der Waals surface area contributed by atoms with Crippen LogP contribution in [0.2, 0.25) is 0 Å². The zero-order valence-electron chi connectivity index (χ0n) is 14.5. The molecule has 0 aliphatic rings. The average Bonchev–Trinajstić information content (AvgIpc) is 2.54. The van der Waals surface area contributed by atoms with Crippen LogP contribution in [0.15, 0.2) is 71.6 Å². The van der Waals surface area contributed by atoms with E-state index in [9.17, 15) is 8.42 Å². The maximum atomic E-state index is 12.7. The molecule has 3 rings (SSSR count). The molecule has 0 N–H and O–H groups in total. The van der Waals surface area contributed by atoms with Crippen molar-refractivity contribution in [2.45, 2.75) is 25.7 Å². The van der Waals surface area contributed by atoms with E-state index in [0.29, 0.717) is 16.9 Å². The minimum atomic E-state index is -3.87. The van der Waals surface area contributed by atoms with Crippen molar-refractivity contribution in [3.63, 3.8) is 0 Å². The van der Waals surface area contributed by atoms with Crippen molar-refractivity contribution in [3.05, 3.63) is 83.4 Å². The van der Waals surface area contributed by atoms with E-state index in [4.69, 9.17) is 4.18 Å². The van der Waals surface area contributed by atoms with E-state index in [1.54, 1.807) is 26.0 Å². The van der Waals surface area contributed by atoms with Crippen LogP contribution in [-0.4, -0.2) is 8.42 Å². The largest absolute Gasteiger partial charge is 0.379 e. The first-order valence-electron chi connectivity index (χ1n) is 8.04. The van der Waals surface area contributed by atoms with Gasteiger partial charge in [-0.15, -0.1) is 0 Å². The molecule has 3 nitrogen and oxygen atoms in total. The van der Waals surface area contributed by atoms with E-state index in [-0.39, 0.29) is 4.90 Å². The Balaban J connectivity index is 1.89. The molecule has 0 unspecified atom stereocenters. The van der Waals surface area contributed by atoms with Crippen molar-refractivity contribution in [2.75, 3.05) is 0 Å². The van der Waals surface area contributed by atoms with E-state index in [2.05, 4.69) is 0 Å². The van der Waals surface area contributed by atoms with Crippen molar-refractivity contribution < 1.29 is 12.6 Å². The minimum absolute atomic E-state index is 0.241.